The maximum atomic E-state index is 3.79. The van der Waals surface area contributed by atoms with Crippen LogP contribution in [0, 0.1) is 0 Å². The Balaban J connectivity index is 2.54. The van der Waals surface area contributed by atoms with Gasteiger partial charge in [-0.15, -0.1) is 26.3 Å². The average molecular weight is 230 g/mol. The second-order valence-corrected chi connectivity index (χ2v) is 4.05. The van der Waals surface area contributed by atoms with Crippen LogP contribution in [0.5, 0.6) is 0 Å². The Morgan fingerprint density at radius 3 is 1.76 bits per heavy atom. The molecule has 92 valence electrons. The van der Waals surface area contributed by atoms with E-state index in [1.807, 2.05) is 24.3 Å². The van der Waals surface area contributed by atoms with Crippen molar-refractivity contribution in [2.24, 2.45) is 0 Å². The zero-order chi connectivity index (χ0) is 12.7. The summed E-state index contributed by atoms with van der Waals surface area (Å²) in [5.74, 6) is 0. The normalized spacial score (nSPS) is 17.2. The van der Waals surface area contributed by atoms with E-state index in [-0.39, 0.29) is 0 Å². The van der Waals surface area contributed by atoms with E-state index in [1.165, 1.54) is 5.70 Å². The number of rotatable bonds is 10. The fraction of sp³-hybridized carbons (Fsp3) is 0.333. The summed E-state index contributed by atoms with van der Waals surface area (Å²) in [5, 5.41) is 0. The molecule has 1 unspecified atom stereocenters. The molecule has 0 amide bonds. The summed E-state index contributed by atoms with van der Waals surface area (Å²) in [6, 6.07) is 0.422. The minimum atomic E-state index is 0.422. The van der Waals surface area contributed by atoms with E-state index >= 15 is 0 Å². The highest BCUT2D eigenvalue weighted by Crippen LogP contribution is 2.29. The van der Waals surface area contributed by atoms with Gasteiger partial charge in [0.15, 0.2) is 0 Å². The summed E-state index contributed by atoms with van der Waals surface area (Å²) in [5.41, 5.74) is 1.36. The fourth-order valence-corrected chi connectivity index (χ4v) is 1.93. The summed E-state index contributed by atoms with van der Waals surface area (Å²) in [4.78, 5) is 4.61. The summed E-state index contributed by atoms with van der Waals surface area (Å²) in [7, 11) is 0. The standard InChI is InChI=1S/C15H22N2/c1-5-9-16(10-6-2)14-13-15(14)17(11-7-3)12-8-4/h5-8,13-14H,1-4,9-12H2. The number of hydrogen-bond donors (Lipinski definition) is 0. The highest BCUT2D eigenvalue weighted by molar-refractivity contribution is 5.35. The summed E-state index contributed by atoms with van der Waals surface area (Å²) >= 11 is 0. The molecule has 0 saturated carbocycles. The third-order valence-corrected chi connectivity index (χ3v) is 2.71. The van der Waals surface area contributed by atoms with Gasteiger partial charge in [-0.3, -0.25) is 4.90 Å². The fourth-order valence-electron chi connectivity index (χ4n) is 1.93. The molecule has 0 aromatic heterocycles. The Hall–Kier alpha value is -1.54. The molecule has 17 heavy (non-hydrogen) atoms. The van der Waals surface area contributed by atoms with Gasteiger partial charge in [-0.2, -0.15) is 0 Å². The van der Waals surface area contributed by atoms with Crippen molar-refractivity contribution in [2.45, 2.75) is 6.04 Å². The van der Waals surface area contributed by atoms with Crippen molar-refractivity contribution in [1.82, 2.24) is 9.80 Å². The lowest BCUT2D eigenvalue weighted by Gasteiger charge is -2.25. The van der Waals surface area contributed by atoms with Gasteiger partial charge in [0.1, 0.15) is 0 Å². The van der Waals surface area contributed by atoms with E-state index in [2.05, 4.69) is 42.2 Å². The van der Waals surface area contributed by atoms with Crippen LogP contribution >= 0.6 is 0 Å². The van der Waals surface area contributed by atoms with Crippen LogP contribution in [0.25, 0.3) is 0 Å². The second-order valence-electron chi connectivity index (χ2n) is 4.05. The Labute approximate surface area is 105 Å². The molecule has 0 aliphatic heterocycles. The van der Waals surface area contributed by atoms with Gasteiger partial charge in [0, 0.05) is 31.9 Å². The molecule has 1 rings (SSSR count). The monoisotopic (exact) mass is 230 g/mol. The minimum Gasteiger partial charge on any atom is -0.366 e. The highest BCUT2D eigenvalue weighted by Gasteiger charge is 2.33. The molecule has 1 aliphatic carbocycles. The van der Waals surface area contributed by atoms with Crippen molar-refractivity contribution < 1.29 is 0 Å². The van der Waals surface area contributed by atoms with Crippen LogP contribution in [-0.4, -0.2) is 42.0 Å². The third kappa shape index (κ3) is 3.75. The van der Waals surface area contributed by atoms with E-state index < -0.39 is 0 Å². The molecule has 0 spiro atoms. The lowest BCUT2D eigenvalue weighted by Crippen LogP contribution is -2.32. The molecule has 0 fully saturated rings. The largest absolute Gasteiger partial charge is 0.366 e. The minimum absolute atomic E-state index is 0.422. The first-order valence-corrected chi connectivity index (χ1v) is 5.92. The smallest absolute Gasteiger partial charge is 0.0706 e. The highest BCUT2D eigenvalue weighted by atomic mass is 15.3. The molecule has 2 heteroatoms. The third-order valence-electron chi connectivity index (χ3n) is 2.71. The molecular formula is C15H22N2. The van der Waals surface area contributed by atoms with Crippen molar-refractivity contribution in [3.63, 3.8) is 0 Å². The zero-order valence-electron chi connectivity index (χ0n) is 10.5. The lowest BCUT2D eigenvalue weighted by molar-refractivity contribution is 0.302. The maximum Gasteiger partial charge on any atom is 0.0706 e. The molecule has 2 nitrogen and oxygen atoms in total. The number of nitrogens with zero attached hydrogens (tertiary/aromatic N) is 2. The van der Waals surface area contributed by atoms with Gasteiger partial charge in [-0.1, -0.05) is 24.3 Å². The Bertz CT molecular complexity index is 308. The van der Waals surface area contributed by atoms with E-state index in [0.717, 1.165) is 26.2 Å². The number of hydrogen-bond acceptors (Lipinski definition) is 2. The Morgan fingerprint density at radius 2 is 1.35 bits per heavy atom. The molecule has 0 N–H and O–H groups in total. The molecule has 0 radical (unpaired) electrons. The summed E-state index contributed by atoms with van der Waals surface area (Å²) < 4.78 is 0. The molecule has 0 heterocycles. The van der Waals surface area contributed by atoms with Crippen molar-refractivity contribution in [3.05, 3.63) is 62.4 Å². The molecule has 0 aromatic carbocycles. The molecular weight excluding hydrogens is 208 g/mol. The second kappa shape index (κ2) is 6.92. The molecule has 0 aromatic rings. The van der Waals surface area contributed by atoms with Gasteiger partial charge in [0.05, 0.1) is 6.04 Å². The van der Waals surface area contributed by atoms with Crippen LogP contribution in [0.1, 0.15) is 0 Å². The van der Waals surface area contributed by atoms with Crippen molar-refractivity contribution in [3.8, 4) is 0 Å². The van der Waals surface area contributed by atoms with E-state index in [1.54, 1.807) is 0 Å². The van der Waals surface area contributed by atoms with Crippen LogP contribution in [0.4, 0.5) is 0 Å². The van der Waals surface area contributed by atoms with Gasteiger partial charge in [-0.05, 0) is 6.08 Å². The van der Waals surface area contributed by atoms with Crippen molar-refractivity contribution in [2.75, 3.05) is 26.2 Å². The van der Waals surface area contributed by atoms with E-state index in [0.29, 0.717) is 6.04 Å². The predicted molar refractivity (Wildman–Crippen MR) is 75.8 cm³/mol. The SMILES string of the molecule is C=CCN(CC=C)C1=CC1N(CC=C)CC=C. The topological polar surface area (TPSA) is 6.48 Å². The average Bonchev–Trinajstić information content (AvgIpc) is 3.08. The Kier molecular flexibility index (Phi) is 5.50. The molecule has 0 saturated heterocycles. The van der Waals surface area contributed by atoms with Crippen LogP contribution < -0.4 is 0 Å². The first-order valence-electron chi connectivity index (χ1n) is 5.92. The van der Waals surface area contributed by atoms with Crippen LogP contribution in [0.3, 0.4) is 0 Å². The first-order chi connectivity index (χ1) is 8.28. The summed E-state index contributed by atoms with van der Waals surface area (Å²) in [6.07, 6.45) is 9.97. The van der Waals surface area contributed by atoms with Crippen LogP contribution in [0.2, 0.25) is 0 Å². The summed E-state index contributed by atoms with van der Waals surface area (Å²) in [6.45, 7) is 18.6. The van der Waals surface area contributed by atoms with E-state index in [4.69, 9.17) is 0 Å². The van der Waals surface area contributed by atoms with Crippen LogP contribution in [0.15, 0.2) is 62.4 Å². The predicted octanol–water partition coefficient (Wildman–Crippen LogP) is 2.60. The van der Waals surface area contributed by atoms with Crippen molar-refractivity contribution >= 4 is 0 Å². The van der Waals surface area contributed by atoms with E-state index in [9.17, 15) is 0 Å². The van der Waals surface area contributed by atoms with Gasteiger partial charge < -0.3 is 4.90 Å². The van der Waals surface area contributed by atoms with Crippen LogP contribution in [-0.2, 0) is 0 Å². The van der Waals surface area contributed by atoms with Gasteiger partial charge in [0.2, 0.25) is 0 Å². The Morgan fingerprint density at radius 1 is 0.882 bits per heavy atom. The molecule has 0 bridgehead atoms. The lowest BCUT2D eigenvalue weighted by atomic mass is 10.3. The van der Waals surface area contributed by atoms with Gasteiger partial charge >= 0.3 is 0 Å². The van der Waals surface area contributed by atoms with Gasteiger partial charge in [0.25, 0.3) is 0 Å². The van der Waals surface area contributed by atoms with Gasteiger partial charge in [-0.25, -0.2) is 0 Å². The quantitative estimate of drug-likeness (QED) is 0.532. The first kappa shape index (κ1) is 13.5. The van der Waals surface area contributed by atoms with Crippen molar-refractivity contribution in [1.29, 1.82) is 0 Å². The zero-order valence-corrected chi connectivity index (χ0v) is 10.5. The molecule has 1 atom stereocenters. The maximum absolute atomic E-state index is 3.79. The molecule has 1 aliphatic rings.